The minimum absolute atomic E-state index is 0.223. The van der Waals surface area contributed by atoms with Crippen molar-refractivity contribution in [3.05, 3.63) is 59.7 Å². The number of fused-ring (bicyclic) bond motifs is 3. The molecule has 0 unspecified atom stereocenters. The highest BCUT2D eigenvalue weighted by atomic mass is 32.2. The highest BCUT2D eigenvalue weighted by Crippen LogP contribution is 2.39. The van der Waals surface area contributed by atoms with Crippen LogP contribution in [-0.4, -0.2) is 32.0 Å². The third kappa shape index (κ3) is 3.63. The Bertz CT molecular complexity index is 1010. The largest absolute Gasteiger partial charge is 0.478 e. The number of aromatic nitrogens is 3. The minimum Gasteiger partial charge on any atom is -0.478 e. The Labute approximate surface area is 166 Å². The normalized spacial score (nSPS) is 14.8. The molecule has 4 rings (SSSR count). The van der Waals surface area contributed by atoms with Gasteiger partial charge in [0.05, 0.1) is 5.56 Å². The van der Waals surface area contributed by atoms with E-state index in [1.807, 2.05) is 24.3 Å². The Morgan fingerprint density at radius 2 is 1.96 bits per heavy atom. The van der Waals surface area contributed by atoms with Crippen LogP contribution >= 0.6 is 11.8 Å². The van der Waals surface area contributed by atoms with Gasteiger partial charge in [-0.15, -0.1) is 10.2 Å². The Balaban J connectivity index is 1.75. The van der Waals surface area contributed by atoms with Gasteiger partial charge in [-0.3, -0.25) is 0 Å². The minimum atomic E-state index is -0.966. The quantitative estimate of drug-likeness (QED) is 0.620. The summed E-state index contributed by atoms with van der Waals surface area (Å²) >= 11 is 1.53. The fourth-order valence-corrected chi connectivity index (χ4v) is 3.49. The Hall–Kier alpha value is -3.13. The average molecular weight is 394 g/mol. The van der Waals surface area contributed by atoms with Gasteiger partial charge in [0.2, 0.25) is 11.0 Å². The maximum absolute atomic E-state index is 11.1. The zero-order valence-electron chi connectivity index (χ0n) is 15.1. The molecule has 0 saturated heterocycles. The van der Waals surface area contributed by atoms with Crippen LogP contribution in [0.15, 0.2) is 53.7 Å². The third-order valence-corrected chi connectivity index (χ3v) is 5.27. The van der Waals surface area contributed by atoms with Gasteiger partial charge in [0, 0.05) is 22.6 Å². The molecule has 2 aromatic carbocycles. The van der Waals surface area contributed by atoms with E-state index in [1.54, 1.807) is 24.3 Å². The number of carbonyl (C=O) groups is 1. The molecule has 0 bridgehead atoms. The van der Waals surface area contributed by atoms with Gasteiger partial charge in [-0.1, -0.05) is 49.0 Å². The van der Waals surface area contributed by atoms with Crippen LogP contribution in [0.2, 0.25) is 0 Å². The molecule has 0 amide bonds. The van der Waals surface area contributed by atoms with Gasteiger partial charge in [-0.2, -0.15) is 4.98 Å². The van der Waals surface area contributed by atoms with Crippen molar-refractivity contribution in [3.63, 3.8) is 0 Å². The molecule has 1 aromatic heterocycles. The third-order valence-electron chi connectivity index (χ3n) is 4.23. The van der Waals surface area contributed by atoms with Gasteiger partial charge < -0.3 is 15.2 Å². The predicted molar refractivity (Wildman–Crippen MR) is 107 cm³/mol. The van der Waals surface area contributed by atoms with Crippen molar-refractivity contribution in [1.29, 1.82) is 0 Å². The number of para-hydroxylation sites is 1. The van der Waals surface area contributed by atoms with Gasteiger partial charge in [0.1, 0.15) is 0 Å². The lowest BCUT2D eigenvalue weighted by atomic mass is 10.1. The molecule has 8 heteroatoms. The van der Waals surface area contributed by atoms with Crippen molar-refractivity contribution >= 4 is 23.4 Å². The second-order valence-corrected chi connectivity index (χ2v) is 7.27. The summed E-state index contributed by atoms with van der Waals surface area (Å²) in [6.07, 6.45) is 0.473. The van der Waals surface area contributed by atoms with Gasteiger partial charge in [-0.05, 0) is 24.6 Å². The standard InChI is InChI=1S/C20H18N4O3S/c1-2-11-28-20-22-18-16(23-24-20)14-5-3-4-6-15(14)21-17(27-18)12-7-9-13(10-8-12)19(25)26/h3-10,17,21H,2,11H2,1H3,(H,25,26)/t17-/m0/s1. The van der Waals surface area contributed by atoms with Crippen LogP contribution in [0.1, 0.15) is 35.5 Å². The Morgan fingerprint density at radius 3 is 2.71 bits per heavy atom. The molecule has 1 atom stereocenters. The molecule has 2 heterocycles. The Kier molecular flexibility index (Phi) is 5.12. The maximum Gasteiger partial charge on any atom is 0.335 e. The number of benzene rings is 2. The van der Waals surface area contributed by atoms with E-state index in [1.165, 1.54) is 11.8 Å². The average Bonchev–Trinajstić information content (AvgIpc) is 2.88. The van der Waals surface area contributed by atoms with Crippen LogP contribution < -0.4 is 10.1 Å². The molecule has 142 valence electrons. The summed E-state index contributed by atoms with van der Waals surface area (Å²) in [5.74, 6) is 0.333. The summed E-state index contributed by atoms with van der Waals surface area (Å²) < 4.78 is 6.16. The number of rotatable bonds is 5. The molecule has 0 spiro atoms. The molecule has 2 N–H and O–H groups in total. The van der Waals surface area contributed by atoms with Crippen LogP contribution in [-0.2, 0) is 0 Å². The van der Waals surface area contributed by atoms with E-state index in [4.69, 9.17) is 9.84 Å². The van der Waals surface area contributed by atoms with Crippen molar-refractivity contribution < 1.29 is 14.6 Å². The number of hydrogen-bond acceptors (Lipinski definition) is 7. The number of anilines is 1. The summed E-state index contributed by atoms with van der Waals surface area (Å²) in [6.45, 7) is 2.09. The molecule has 7 nitrogen and oxygen atoms in total. The van der Waals surface area contributed by atoms with E-state index in [0.29, 0.717) is 16.7 Å². The van der Waals surface area contributed by atoms with Gasteiger partial charge in [-0.25, -0.2) is 4.79 Å². The SMILES string of the molecule is CCCSc1nnc2c(n1)O[C@@H](c1ccc(C(=O)O)cc1)Nc1ccccc1-2. The summed E-state index contributed by atoms with van der Waals surface area (Å²) in [5.41, 5.74) is 3.29. The lowest BCUT2D eigenvalue weighted by Gasteiger charge is -2.19. The van der Waals surface area contributed by atoms with E-state index < -0.39 is 12.2 Å². The van der Waals surface area contributed by atoms with E-state index in [-0.39, 0.29) is 5.56 Å². The summed E-state index contributed by atoms with van der Waals surface area (Å²) in [5, 5.41) is 21.6. The van der Waals surface area contributed by atoms with Crippen molar-refractivity contribution in [3.8, 4) is 17.1 Å². The van der Waals surface area contributed by atoms with Crippen LogP contribution in [0.3, 0.4) is 0 Å². The van der Waals surface area contributed by atoms with Gasteiger partial charge in [0.25, 0.3) is 0 Å². The van der Waals surface area contributed by atoms with Crippen LogP contribution in [0.5, 0.6) is 5.88 Å². The number of carboxylic acid groups (broad SMARTS) is 1. The van der Waals surface area contributed by atoms with Crippen LogP contribution in [0, 0.1) is 0 Å². The Morgan fingerprint density at radius 1 is 1.18 bits per heavy atom. The first-order chi connectivity index (χ1) is 13.7. The molecule has 0 radical (unpaired) electrons. The van der Waals surface area contributed by atoms with E-state index in [9.17, 15) is 4.79 Å². The summed E-state index contributed by atoms with van der Waals surface area (Å²) in [4.78, 5) is 15.7. The molecule has 1 aliphatic heterocycles. The summed E-state index contributed by atoms with van der Waals surface area (Å²) in [6, 6.07) is 14.3. The number of hydrogen-bond donors (Lipinski definition) is 2. The number of carboxylic acids is 1. The van der Waals surface area contributed by atoms with E-state index >= 15 is 0 Å². The van der Waals surface area contributed by atoms with Crippen LogP contribution in [0.4, 0.5) is 5.69 Å². The molecule has 0 aliphatic carbocycles. The van der Waals surface area contributed by atoms with Gasteiger partial charge in [0.15, 0.2) is 11.9 Å². The van der Waals surface area contributed by atoms with E-state index in [2.05, 4.69) is 27.4 Å². The fourth-order valence-electron chi connectivity index (χ4n) is 2.85. The molecule has 3 aromatic rings. The zero-order chi connectivity index (χ0) is 19.5. The zero-order valence-corrected chi connectivity index (χ0v) is 15.9. The molecule has 28 heavy (non-hydrogen) atoms. The topological polar surface area (TPSA) is 97.2 Å². The molecule has 0 fully saturated rings. The number of thioether (sulfide) groups is 1. The second-order valence-electron chi connectivity index (χ2n) is 6.21. The summed E-state index contributed by atoms with van der Waals surface area (Å²) in [7, 11) is 0. The first-order valence-corrected chi connectivity index (χ1v) is 9.87. The van der Waals surface area contributed by atoms with Crippen molar-refractivity contribution in [2.24, 2.45) is 0 Å². The monoisotopic (exact) mass is 394 g/mol. The molecule has 0 saturated carbocycles. The smallest absolute Gasteiger partial charge is 0.335 e. The highest BCUT2D eigenvalue weighted by Gasteiger charge is 2.26. The number of aromatic carboxylic acids is 1. The molecular formula is C20H18N4O3S. The van der Waals surface area contributed by atoms with Crippen molar-refractivity contribution in [2.75, 3.05) is 11.1 Å². The second kappa shape index (κ2) is 7.85. The lowest BCUT2D eigenvalue weighted by Crippen LogP contribution is -2.17. The van der Waals surface area contributed by atoms with Gasteiger partial charge >= 0.3 is 5.97 Å². The number of ether oxygens (including phenoxy) is 1. The van der Waals surface area contributed by atoms with Crippen molar-refractivity contribution in [2.45, 2.75) is 24.7 Å². The lowest BCUT2D eigenvalue weighted by molar-refractivity contribution is 0.0696. The van der Waals surface area contributed by atoms with Crippen molar-refractivity contribution in [1.82, 2.24) is 15.2 Å². The highest BCUT2D eigenvalue weighted by molar-refractivity contribution is 7.99. The molecule has 1 aliphatic rings. The molecular weight excluding hydrogens is 376 g/mol. The maximum atomic E-state index is 11.1. The van der Waals surface area contributed by atoms with Crippen LogP contribution in [0.25, 0.3) is 11.3 Å². The van der Waals surface area contributed by atoms with E-state index in [0.717, 1.165) is 29.0 Å². The first kappa shape index (κ1) is 18.2. The number of nitrogens with zero attached hydrogens (tertiary/aromatic N) is 3. The number of nitrogens with one attached hydrogen (secondary N) is 1. The first-order valence-electron chi connectivity index (χ1n) is 8.89. The predicted octanol–water partition coefficient (Wildman–Crippen LogP) is 4.24. The fraction of sp³-hybridized carbons (Fsp3) is 0.200.